The fourth-order valence-corrected chi connectivity index (χ4v) is 4.37. The number of ether oxygens (including phenoxy) is 1. The summed E-state index contributed by atoms with van der Waals surface area (Å²) in [5, 5.41) is 17.6. The number of aliphatic imine (C=N–C) groups is 1. The Hall–Kier alpha value is -1.24. The molecule has 1 aliphatic heterocycles. The van der Waals surface area contributed by atoms with Crippen LogP contribution in [0.1, 0.15) is 49.3 Å². The molecule has 2 N–H and O–H groups in total. The molecule has 1 fully saturated rings. The van der Waals surface area contributed by atoms with Crippen LogP contribution in [-0.2, 0) is 18.3 Å². The summed E-state index contributed by atoms with van der Waals surface area (Å²) in [6.07, 6.45) is 2.52. The quantitative estimate of drug-likeness (QED) is 0.212. The highest BCUT2D eigenvalue weighted by Gasteiger charge is 2.26. The minimum absolute atomic E-state index is 0. The van der Waals surface area contributed by atoms with Crippen LogP contribution < -0.4 is 10.6 Å². The van der Waals surface area contributed by atoms with Crippen molar-refractivity contribution in [3.63, 3.8) is 0 Å². The van der Waals surface area contributed by atoms with Crippen LogP contribution in [0.25, 0.3) is 0 Å². The van der Waals surface area contributed by atoms with Crippen LogP contribution in [0.15, 0.2) is 22.5 Å². The second-order valence-corrected chi connectivity index (χ2v) is 8.74. The van der Waals surface area contributed by atoms with Gasteiger partial charge in [0.1, 0.15) is 12.4 Å². The summed E-state index contributed by atoms with van der Waals surface area (Å²) >= 11 is 1.81. The predicted molar refractivity (Wildman–Crippen MR) is 137 cm³/mol. The van der Waals surface area contributed by atoms with Crippen LogP contribution in [0.5, 0.6) is 0 Å². The first kappa shape index (κ1) is 26.0. The predicted octanol–water partition coefficient (Wildman–Crippen LogP) is 3.10. The number of hydrogen-bond acceptors (Lipinski definition) is 6. The van der Waals surface area contributed by atoms with Crippen molar-refractivity contribution in [1.82, 2.24) is 30.3 Å². The molecule has 174 valence electrons. The van der Waals surface area contributed by atoms with Gasteiger partial charge in [-0.05, 0) is 31.7 Å². The highest BCUT2D eigenvalue weighted by Crippen LogP contribution is 2.26. The number of aromatic nitrogens is 3. The SMILES string of the molecule is CCCCNC(=NCc1nnc(C)n1C)NCC(c1cccs1)N1CCOC(C)C1.I. The summed E-state index contributed by atoms with van der Waals surface area (Å²) in [6.45, 7) is 11.2. The maximum atomic E-state index is 5.76. The van der Waals surface area contributed by atoms with Crippen molar-refractivity contribution < 1.29 is 4.74 Å². The average molecular weight is 562 g/mol. The summed E-state index contributed by atoms with van der Waals surface area (Å²) in [4.78, 5) is 8.67. The molecule has 31 heavy (non-hydrogen) atoms. The highest BCUT2D eigenvalue weighted by atomic mass is 127. The Kier molecular flexibility index (Phi) is 11.2. The molecular formula is C21H36IN7OS. The third-order valence-corrected chi connectivity index (χ3v) is 6.41. The summed E-state index contributed by atoms with van der Waals surface area (Å²) in [7, 11) is 1.98. The van der Waals surface area contributed by atoms with Crippen molar-refractivity contribution in [2.45, 2.75) is 52.3 Å². The first-order valence-corrected chi connectivity index (χ1v) is 11.7. The van der Waals surface area contributed by atoms with E-state index in [0.717, 1.165) is 63.2 Å². The number of guanidine groups is 1. The molecule has 0 aromatic carbocycles. The number of nitrogens with one attached hydrogen (secondary N) is 2. The molecular weight excluding hydrogens is 525 g/mol. The number of halogens is 1. The lowest BCUT2D eigenvalue weighted by atomic mass is 10.1. The third-order valence-electron chi connectivity index (χ3n) is 5.43. The van der Waals surface area contributed by atoms with Crippen molar-refractivity contribution in [2.75, 3.05) is 32.8 Å². The lowest BCUT2D eigenvalue weighted by molar-refractivity contribution is -0.0334. The van der Waals surface area contributed by atoms with Gasteiger partial charge in [-0.15, -0.1) is 45.5 Å². The molecule has 10 heteroatoms. The Morgan fingerprint density at radius 3 is 2.87 bits per heavy atom. The molecule has 2 aromatic heterocycles. The monoisotopic (exact) mass is 561 g/mol. The number of unbranched alkanes of at least 4 members (excludes halogenated alkanes) is 1. The summed E-state index contributed by atoms with van der Waals surface area (Å²) in [6, 6.07) is 4.65. The zero-order valence-corrected chi connectivity index (χ0v) is 22.2. The maximum Gasteiger partial charge on any atom is 0.191 e. The molecule has 2 unspecified atom stereocenters. The van der Waals surface area contributed by atoms with Crippen LogP contribution >= 0.6 is 35.3 Å². The summed E-state index contributed by atoms with van der Waals surface area (Å²) in [5.74, 6) is 2.58. The minimum atomic E-state index is 0. The molecule has 0 radical (unpaired) electrons. The molecule has 0 bridgehead atoms. The van der Waals surface area contributed by atoms with Gasteiger partial charge in [-0.2, -0.15) is 0 Å². The second-order valence-electron chi connectivity index (χ2n) is 7.76. The highest BCUT2D eigenvalue weighted by molar-refractivity contribution is 14.0. The smallest absolute Gasteiger partial charge is 0.191 e. The van der Waals surface area contributed by atoms with Crippen molar-refractivity contribution in [2.24, 2.45) is 12.0 Å². The van der Waals surface area contributed by atoms with E-state index >= 15 is 0 Å². The zero-order chi connectivity index (χ0) is 21.3. The maximum absolute atomic E-state index is 5.76. The van der Waals surface area contributed by atoms with Gasteiger partial charge < -0.3 is 19.9 Å². The zero-order valence-electron chi connectivity index (χ0n) is 19.0. The normalized spacial score (nSPS) is 18.5. The first-order chi connectivity index (χ1) is 14.6. The van der Waals surface area contributed by atoms with E-state index in [4.69, 9.17) is 9.73 Å². The summed E-state index contributed by atoms with van der Waals surface area (Å²) < 4.78 is 7.74. The van der Waals surface area contributed by atoms with Gasteiger partial charge in [0.05, 0.1) is 18.8 Å². The second kappa shape index (κ2) is 13.3. The van der Waals surface area contributed by atoms with E-state index in [1.807, 2.05) is 29.9 Å². The molecule has 3 heterocycles. The van der Waals surface area contributed by atoms with Gasteiger partial charge in [0.25, 0.3) is 0 Å². The molecule has 1 aliphatic rings. The Bertz CT molecular complexity index is 796. The van der Waals surface area contributed by atoms with E-state index in [-0.39, 0.29) is 30.1 Å². The molecule has 0 aliphatic carbocycles. The van der Waals surface area contributed by atoms with Crippen LogP contribution in [0, 0.1) is 6.92 Å². The Labute approximate surface area is 206 Å². The van der Waals surface area contributed by atoms with E-state index in [2.05, 4.69) is 57.1 Å². The topological polar surface area (TPSA) is 79.6 Å². The van der Waals surface area contributed by atoms with Gasteiger partial charge in [-0.3, -0.25) is 4.90 Å². The Morgan fingerprint density at radius 1 is 1.39 bits per heavy atom. The van der Waals surface area contributed by atoms with Gasteiger partial charge in [0.2, 0.25) is 0 Å². The van der Waals surface area contributed by atoms with Crippen molar-refractivity contribution in [3.8, 4) is 0 Å². The number of rotatable bonds is 9. The molecule has 1 saturated heterocycles. The van der Waals surface area contributed by atoms with E-state index < -0.39 is 0 Å². The van der Waals surface area contributed by atoms with E-state index in [0.29, 0.717) is 12.6 Å². The molecule has 2 aromatic rings. The van der Waals surface area contributed by atoms with Crippen molar-refractivity contribution >= 4 is 41.3 Å². The van der Waals surface area contributed by atoms with Crippen LogP contribution in [0.3, 0.4) is 0 Å². The van der Waals surface area contributed by atoms with Gasteiger partial charge >= 0.3 is 0 Å². The van der Waals surface area contributed by atoms with Crippen LogP contribution in [0.2, 0.25) is 0 Å². The van der Waals surface area contributed by atoms with E-state index in [1.165, 1.54) is 4.88 Å². The number of nitrogens with zero attached hydrogens (tertiary/aromatic N) is 5. The van der Waals surface area contributed by atoms with E-state index in [9.17, 15) is 0 Å². The fraction of sp³-hybridized carbons (Fsp3) is 0.667. The van der Waals surface area contributed by atoms with E-state index in [1.54, 1.807) is 0 Å². The van der Waals surface area contributed by atoms with Gasteiger partial charge in [-0.1, -0.05) is 19.4 Å². The molecule has 0 amide bonds. The average Bonchev–Trinajstić information content (AvgIpc) is 3.37. The first-order valence-electron chi connectivity index (χ1n) is 10.8. The van der Waals surface area contributed by atoms with Gasteiger partial charge in [0, 0.05) is 38.1 Å². The summed E-state index contributed by atoms with van der Waals surface area (Å²) in [5.41, 5.74) is 0. The molecule has 0 spiro atoms. The van der Waals surface area contributed by atoms with Crippen LogP contribution in [-0.4, -0.2) is 64.5 Å². The number of morpholine rings is 1. The van der Waals surface area contributed by atoms with Gasteiger partial charge in [-0.25, -0.2) is 4.99 Å². The lowest BCUT2D eigenvalue weighted by Crippen LogP contribution is -2.48. The lowest BCUT2D eigenvalue weighted by Gasteiger charge is -2.37. The molecule has 0 saturated carbocycles. The van der Waals surface area contributed by atoms with Crippen molar-refractivity contribution in [3.05, 3.63) is 34.0 Å². The van der Waals surface area contributed by atoms with Crippen LogP contribution in [0.4, 0.5) is 0 Å². The molecule has 2 atom stereocenters. The Morgan fingerprint density at radius 2 is 2.23 bits per heavy atom. The number of thiophene rings is 1. The number of aryl methyl sites for hydroxylation is 1. The standard InChI is InChI=1S/C21H35N7OS.HI/c1-5-6-9-22-21(24-14-20-26-25-17(3)27(20)4)23-13-18(19-8-7-12-30-19)28-10-11-29-16(2)15-28;/h7-8,12,16,18H,5-6,9-11,13-15H2,1-4H3,(H2,22,23,24);1H. The fourth-order valence-electron chi connectivity index (χ4n) is 3.51. The van der Waals surface area contributed by atoms with Crippen molar-refractivity contribution in [1.29, 1.82) is 0 Å². The Balaban J connectivity index is 0.00000341. The molecule has 3 rings (SSSR count). The largest absolute Gasteiger partial charge is 0.376 e. The van der Waals surface area contributed by atoms with Gasteiger partial charge in [0.15, 0.2) is 11.8 Å². The third kappa shape index (κ3) is 7.69. The molecule has 8 nitrogen and oxygen atoms in total. The minimum Gasteiger partial charge on any atom is -0.376 e. The number of hydrogen-bond donors (Lipinski definition) is 2.